The first-order valence-electron chi connectivity index (χ1n) is 7.97. The monoisotopic (exact) mass is 294 g/mol. The molecule has 3 rings (SSSR count). The van der Waals surface area contributed by atoms with Crippen molar-refractivity contribution in [1.29, 1.82) is 0 Å². The number of nitrogens with zero attached hydrogens (tertiary/aromatic N) is 1. The Morgan fingerprint density at radius 3 is 2.45 bits per heavy atom. The molecule has 0 aliphatic carbocycles. The molecule has 0 aromatic heterocycles. The minimum absolute atomic E-state index is 0.0879. The Hall–Kier alpha value is -2.13. The lowest BCUT2D eigenvalue weighted by atomic mass is 10.0. The van der Waals surface area contributed by atoms with Crippen LogP contribution in [0.3, 0.4) is 0 Å². The van der Waals surface area contributed by atoms with Crippen molar-refractivity contribution < 1.29 is 4.79 Å². The molecule has 0 bridgehead atoms. The number of likely N-dealkylation sites (tertiary alicyclic amines) is 1. The van der Waals surface area contributed by atoms with Crippen molar-refractivity contribution in [2.24, 2.45) is 0 Å². The highest BCUT2D eigenvalue weighted by molar-refractivity contribution is 5.90. The van der Waals surface area contributed by atoms with E-state index in [1.165, 1.54) is 18.4 Å². The molecule has 1 N–H and O–H groups in total. The van der Waals surface area contributed by atoms with Crippen LogP contribution in [-0.2, 0) is 4.79 Å². The van der Waals surface area contributed by atoms with Gasteiger partial charge in [0.1, 0.15) is 0 Å². The van der Waals surface area contributed by atoms with Crippen LogP contribution in [0.2, 0.25) is 0 Å². The highest BCUT2D eigenvalue weighted by Gasteiger charge is 2.25. The maximum Gasteiger partial charge on any atom is 0.225 e. The molecule has 0 saturated carbocycles. The van der Waals surface area contributed by atoms with Gasteiger partial charge in [-0.1, -0.05) is 48.5 Å². The molecule has 1 aliphatic heterocycles. The van der Waals surface area contributed by atoms with E-state index in [2.05, 4.69) is 40.5 Å². The van der Waals surface area contributed by atoms with Gasteiger partial charge in [0, 0.05) is 24.7 Å². The van der Waals surface area contributed by atoms with Gasteiger partial charge in [-0.2, -0.15) is 0 Å². The third-order valence-electron chi connectivity index (χ3n) is 4.23. The summed E-state index contributed by atoms with van der Waals surface area (Å²) in [6.07, 6.45) is 2.93. The predicted molar refractivity (Wildman–Crippen MR) is 89.7 cm³/mol. The quantitative estimate of drug-likeness (QED) is 0.908. The molecule has 2 aromatic carbocycles. The van der Waals surface area contributed by atoms with Gasteiger partial charge in [0.15, 0.2) is 0 Å². The van der Waals surface area contributed by atoms with Crippen molar-refractivity contribution in [3.05, 3.63) is 66.2 Å². The summed E-state index contributed by atoms with van der Waals surface area (Å²) in [5.74, 6) is 0.0879. The first-order valence-corrected chi connectivity index (χ1v) is 7.97. The summed E-state index contributed by atoms with van der Waals surface area (Å²) < 4.78 is 0. The Morgan fingerprint density at radius 2 is 1.73 bits per heavy atom. The number of nitrogens with one attached hydrogen (secondary N) is 1. The molecule has 0 radical (unpaired) electrons. The summed E-state index contributed by atoms with van der Waals surface area (Å²) in [5.41, 5.74) is 2.23. The van der Waals surface area contributed by atoms with Crippen molar-refractivity contribution in [1.82, 2.24) is 4.90 Å². The van der Waals surface area contributed by atoms with Crippen LogP contribution in [0.25, 0.3) is 0 Å². The molecule has 114 valence electrons. The van der Waals surface area contributed by atoms with E-state index in [4.69, 9.17) is 0 Å². The number of carbonyl (C=O) groups is 1. The fraction of sp³-hybridized carbons (Fsp3) is 0.316. The number of hydrogen-bond donors (Lipinski definition) is 1. The van der Waals surface area contributed by atoms with Gasteiger partial charge in [0.05, 0.1) is 0 Å². The molecule has 3 nitrogen and oxygen atoms in total. The van der Waals surface area contributed by atoms with Crippen LogP contribution in [0.1, 0.15) is 30.9 Å². The third kappa shape index (κ3) is 3.74. The maximum atomic E-state index is 12.1. The highest BCUT2D eigenvalue weighted by Crippen LogP contribution is 2.31. The molecule has 1 amide bonds. The SMILES string of the molecule is O=C(CCN1CCCC1c1ccccc1)Nc1ccccc1. The second-order valence-corrected chi connectivity index (χ2v) is 5.77. The van der Waals surface area contributed by atoms with Crippen LogP contribution < -0.4 is 5.32 Å². The van der Waals surface area contributed by atoms with Crippen LogP contribution in [0, 0.1) is 0 Å². The molecule has 1 heterocycles. The van der Waals surface area contributed by atoms with Crippen molar-refractivity contribution in [3.8, 4) is 0 Å². The van der Waals surface area contributed by atoms with E-state index in [1.807, 2.05) is 30.3 Å². The first-order chi connectivity index (χ1) is 10.8. The Balaban J connectivity index is 1.53. The van der Waals surface area contributed by atoms with Gasteiger partial charge in [-0.3, -0.25) is 9.69 Å². The van der Waals surface area contributed by atoms with Crippen LogP contribution in [0.4, 0.5) is 5.69 Å². The highest BCUT2D eigenvalue weighted by atomic mass is 16.1. The maximum absolute atomic E-state index is 12.1. The number of amides is 1. The normalized spacial score (nSPS) is 18.3. The predicted octanol–water partition coefficient (Wildman–Crippen LogP) is 3.85. The molecular formula is C19H22N2O. The average molecular weight is 294 g/mol. The molecule has 22 heavy (non-hydrogen) atoms. The molecule has 1 fully saturated rings. The van der Waals surface area contributed by atoms with Gasteiger partial charge >= 0.3 is 0 Å². The van der Waals surface area contributed by atoms with E-state index in [-0.39, 0.29) is 5.91 Å². The van der Waals surface area contributed by atoms with Crippen LogP contribution in [0.15, 0.2) is 60.7 Å². The van der Waals surface area contributed by atoms with E-state index >= 15 is 0 Å². The number of hydrogen-bond acceptors (Lipinski definition) is 2. The summed E-state index contributed by atoms with van der Waals surface area (Å²) in [5, 5.41) is 2.95. The average Bonchev–Trinajstić information content (AvgIpc) is 3.03. The lowest BCUT2D eigenvalue weighted by Crippen LogP contribution is -2.27. The molecule has 1 atom stereocenters. The number of rotatable bonds is 5. The Morgan fingerprint density at radius 1 is 1.05 bits per heavy atom. The second-order valence-electron chi connectivity index (χ2n) is 5.77. The summed E-state index contributed by atoms with van der Waals surface area (Å²) in [6, 6.07) is 20.7. The second kappa shape index (κ2) is 7.23. The molecule has 0 spiro atoms. The topological polar surface area (TPSA) is 32.3 Å². The van der Waals surface area contributed by atoms with Gasteiger partial charge in [0.25, 0.3) is 0 Å². The third-order valence-corrected chi connectivity index (χ3v) is 4.23. The van der Waals surface area contributed by atoms with E-state index in [0.29, 0.717) is 12.5 Å². The van der Waals surface area contributed by atoms with Crippen LogP contribution >= 0.6 is 0 Å². The number of benzene rings is 2. The number of carbonyl (C=O) groups excluding carboxylic acids is 1. The fourth-order valence-electron chi connectivity index (χ4n) is 3.14. The first kappa shape index (κ1) is 14.8. The molecule has 3 heteroatoms. The lowest BCUT2D eigenvalue weighted by molar-refractivity contribution is -0.116. The van der Waals surface area contributed by atoms with Gasteiger partial charge in [0.2, 0.25) is 5.91 Å². The Kier molecular flexibility index (Phi) is 4.86. The van der Waals surface area contributed by atoms with Crippen molar-refractivity contribution >= 4 is 11.6 Å². The molecule has 2 aromatic rings. The van der Waals surface area contributed by atoms with E-state index in [0.717, 1.165) is 18.8 Å². The summed E-state index contributed by atoms with van der Waals surface area (Å²) in [4.78, 5) is 14.5. The number of para-hydroxylation sites is 1. The standard InChI is InChI=1S/C19H22N2O/c22-19(20-17-10-5-2-6-11-17)13-15-21-14-7-12-18(21)16-8-3-1-4-9-16/h1-6,8-11,18H,7,12-15H2,(H,20,22). The van der Waals surface area contributed by atoms with Gasteiger partial charge in [-0.05, 0) is 37.1 Å². The van der Waals surface area contributed by atoms with Gasteiger partial charge < -0.3 is 5.32 Å². The molecular weight excluding hydrogens is 272 g/mol. The Labute approximate surface area is 132 Å². The van der Waals surface area contributed by atoms with Crippen molar-refractivity contribution in [2.75, 3.05) is 18.4 Å². The molecule has 1 aliphatic rings. The van der Waals surface area contributed by atoms with Gasteiger partial charge in [-0.25, -0.2) is 0 Å². The fourth-order valence-corrected chi connectivity index (χ4v) is 3.14. The van der Waals surface area contributed by atoms with E-state index < -0.39 is 0 Å². The van der Waals surface area contributed by atoms with Crippen LogP contribution in [0.5, 0.6) is 0 Å². The molecule has 1 saturated heterocycles. The zero-order chi connectivity index (χ0) is 15.2. The van der Waals surface area contributed by atoms with E-state index in [1.54, 1.807) is 0 Å². The smallest absolute Gasteiger partial charge is 0.225 e. The Bertz CT molecular complexity index is 597. The zero-order valence-electron chi connectivity index (χ0n) is 12.7. The minimum atomic E-state index is 0.0879. The summed E-state index contributed by atoms with van der Waals surface area (Å²) in [6.45, 7) is 1.90. The summed E-state index contributed by atoms with van der Waals surface area (Å²) >= 11 is 0. The minimum Gasteiger partial charge on any atom is -0.326 e. The van der Waals surface area contributed by atoms with Crippen molar-refractivity contribution in [2.45, 2.75) is 25.3 Å². The van der Waals surface area contributed by atoms with Crippen molar-refractivity contribution in [3.63, 3.8) is 0 Å². The van der Waals surface area contributed by atoms with E-state index in [9.17, 15) is 4.79 Å². The zero-order valence-corrected chi connectivity index (χ0v) is 12.7. The summed E-state index contributed by atoms with van der Waals surface area (Å²) in [7, 11) is 0. The van der Waals surface area contributed by atoms with Gasteiger partial charge in [-0.15, -0.1) is 0 Å². The molecule has 1 unspecified atom stereocenters. The number of anilines is 1. The van der Waals surface area contributed by atoms with Crippen LogP contribution in [-0.4, -0.2) is 23.9 Å². The largest absolute Gasteiger partial charge is 0.326 e. The lowest BCUT2D eigenvalue weighted by Gasteiger charge is -2.24.